The van der Waals surface area contributed by atoms with Crippen LogP contribution in [-0.2, 0) is 24.9 Å². The number of aliphatic hydroxyl groups is 1. The van der Waals surface area contributed by atoms with Gasteiger partial charge in [0.25, 0.3) is 0 Å². The van der Waals surface area contributed by atoms with Crippen molar-refractivity contribution in [3.63, 3.8) is 0 Å². The molecule has 0 fully saturated rings. The number of Topliss-reactive ketones (excluding diaryl/α,β-unsaturated/α-hetero) is 1. The van der Waals surface area contributed by atoms with Crippen LogP contribution in [0.3, 0.4) is 0 Å². The second kappa shape index (κ2) is 13.4. The maximum Gasteiger partial charge on any atom is 0.162 e. The standard InChI is InChI=1S/C17H14N.C12H22O2.Ir/c1-12-9-13(2)11-15(10-12)17-8-7-14-5-3-4-6-16(14)18-17;1-8(2)6-11(13)10(5)12(14)7-9(3)4;/h3-10H,1-2H3;8-9,13H,6-7H2,1-5H3;/q-1;;/b;11-10-;. The molecule has 179 valence electrons. The second-order valence-electron chi connectivity index (χ2n) is 9.33. The number of aromatic nitrogens is 1. The zero-order chi connectivity index (χ0) is 23.8. The fourth-order valence-electron chi connectivity index (χ4n) is 3.47. The zero-order valence-corrected chi connectivity index (χ0v) is 23.2. The number of hydrogen-bond donors (Lipinski definition) is 1. The number of allylic oxidation sites excluding steroid dienone is 2. The number of rotatable bonds is 6. The van der Waals surface area contributed by atoms with Gasteiger partial charge in [-0.2, -0.15) is 0 Å². The average Bonchev–Trinajstić information content (AvgIpc) is 2.71. The number of para-hydroxylation sites is 1. The molecule has 0 bridgehead atoms. The van der Waals surface area contributed by atoms with Crippen LogP contribution in [0.1, 0.15) is 58.6 Å². The molecular formula is C29H36IrNO2-. The summed E-state index contributed by atoms with van der Waals surface area (Å²) in [5.41, 5.74) is 6.02. The molecule has 3 rings (SSSR count). The molecule has 1 radical (unpaired) electrons. The largest absolute Gasteiger partial charge is 0.512 e. The number of nitrogens with zero attached hydrogens (tertiary/aromatic N) is 1. The number of ketones is 1. The molecule has 0 amide bonds. The van der Waals surface area contributed by atoms with E-state index in [-0.39, 0.29) is 31.6 Å². The Kier molecular flexibility index (Phi) is 11.7. The molecule has 0 aliphatic heterocycles. The molecule has 1 N–H and O–H groups in total. The Labute approximate surface area is 212 Å². The number of pyridine rings is 1. The van der Waals surface area contributed by atoms with Crippen LogP contribution in [0.15, 0.2) is 59.9 Å². The van der Waals surface area contributed by atoms with Crippen LogP contribution >= 0.6 is 0 Å². The molecule has 0 aliphatic carbocycles. The van der Waals surface area contributed by atoms with E-state index in [2.05, 4.69) is 50.2 Å². The van der Waals surface area contributed by atoms with E-state index in [4.69, 9.17) is 4.98 Å². The van der Waals surface area contributed by atoms with Gasteiger partial charge >= 0.3 is 0 Å². The Hall–Kier alpha value is -2.29. The first kappa shape index (κ1) is 28.7. The molecular weight excluding hydrogens is 587 g/mol. The maximum absolute atomic E-state index is 11.6. The van der Waals surface area contributed by atoms with Gasteiger partial charge in [0.15, 0.2) is 5.78 Å². The van der Waals surface area contributed by atoms with Gasteiger partial charge in [0.2, 0.25) is 0 Å². The molecule has 2 aromatic carbocycles. The van der Waals surface area contributed by atoms with Crippen LogP contribution < -0.4 is 0 Å². The quantitative estimate of drug-likeness (QED) is 0.173. The van der Waals surface area contributed by atoms with Crippen LogP contribution in [0.25, 0.3) is 22.2 Å². The fraction of sp³-hybridized carbons (Fsp3) is 0.379. The van der Waals surface area contributed by atoms with E-state index in [0.717, 1.165) is 22.3 Å². The molecule has 4 heteroatoms. The van der Waals surface area contributed by atoms with Crippen molar-refractivity contribution < 1.29 is 30.0 Å². The van der Waals surface area contributed by atoms with Crippen LogP contribution in [-0.4, -0.2) is 15.9 Å². The first-order valence-corrected chi connectivity index (χ1v) is 11.4. The molecule has 0 atom stereocenters. The SMILES string of the molecule is C/C(C(=O)CC(C)C)=C(/O)CC(C)C.Cc1[c-]c(-c2ccc3ccccc3n2)cc(C)c1.[Ir]. The fourth-order valence-corrected chi connectivity index (χ4v) is 3.47. The van der Waals surface area contributed by atoms with Crippen molar-refractivity contribution in [2.45, 2.75) is 61.3 Å². The average molecular weight is 623 g/mol. The predicted molar refractivity (Wildman–Crippen MR) is 135 cm³/mol. The van der Waals surface area contributed by atoms with E-state index in [0.29, 0.717) is 30.3 Å². The Morgan fingerprint density at radius 3 is 2.21 bits per heavy atom. The van der Waals surface area contributed by atoms with Gasteiger partial charge in [0.1, 0.15) is 0 Å². The molecule has 1 heterocycles. The summed E-state index contributed by atoms with van der Waals surface area (Å²) in [6.45, 7) is 13.9. The molecule has 0 spiro atoms. The number of aliphatic hydroxyl groups excluding tert-OH is 1. The molecule has 1 aromatic heterocycles. The van der Waals surface area contributed by atoms with Gasteiger partial charge in [0.05, 0.1) is 11.3 Å². The van der Waals surface area contributed by atoms with E-state index < -0.39 is 0 Å². The van der Waals surface area contributed by atoms with E-state index in [9.17, 15) is 9.90 Å². The van der Waals surface area contributed by atoms with Crippen molar-refractivity contribution >= 4 is 16.7 Å². The third kappa shape index (κ3) is 9.23. The van der Waals surface area contributed by atoms with Gasteiger partial charge in [-0.1, -0.05) is 71.9 Å². The van der Waals surface area contributed by atoms with Gasteiger partial charge in [-0.25, -0.2) is 0 Å². The number of carbonyl (C=O) groups is 1. The Morgan fingerprint density at radius 1 is 0.970 bits per heavy atom. The monoisotopic (exact) mass is 623 g/mol. The minimum atomic E-state index is 0. The summed E-state index contributed by atoms with van der Waals surface area (Å²) < 4.78 is 0. The summed E-state index contributed by atoms with van der Waals surface area (Å²) >= 11 is 0. The molecule has 0 saturated carbocycles. The molecule has 0 aliphatic rings. The molecule has 33 heavy (non-hydrogen) atoms. The summed E-state index contributed by atoms with van der Waals surface area (Å²) in [6, 6.07) is 20.0. The third-order valence-electron chi connectivity index (χ3n) is 5.07. The van der Waals surface area contributed by atoms with Crippen LogP contribution in [0.4, 0.5) is 0 Å². The van der Waals surface area contributed by atoms with E-state index in [1.54, 1.807) is 6.92 Å². The minimum absolute atomic E-state index is 0. The first-order chi connectivity index (χ1) is 15.1. The zero-order valence-electron chi connectivity index (χ0n) is 20.8. The van der Waals surface area contributed by atoms with Crippen molar-refractivity contribution in [1.82, 2.24) is 4.98 Å². The second-order valence-corrected chi connectivity index (χ2v) is 9.33. The summed E-state index contributed by atoms with van der Waals surface area (Å²) in [6.07, 6.45) is 1.11. The maximum atomic E-state index is 11.6. The van der Waals surface area contributed by atoms with Crippen molar-refractivity contribution in [3.05, 3.63) is 77.1 Å². The third-order valence-corrected chi connectivity index (χ3v) is 5.07. The van der Waals surface area contributed by atoms with Crippen molar-refractivity contribution in [2.24, 2.45) is 11.8 Å². The Balaban J connectivity index is 0.000000333. The molecule has 0 unspecified atom stereocenters. The van der Waals surface area contributed by atoms with Gasteiger partial charge in [0, 0.05) is 38.5 Å². The van der Waals surface area contributed by atoms with Crippen molar-refractivity contribution in [1.29, 1.82) is 0 Å². The number of hydrogen-bond acceptors (Lipinski definition) is 3. The summed E-state index contributed by atoms with van der Waals surface area (Å²) in [4.78, 5) is 16.3. The van der Waals surface area contributed by atoms with Crippen molar-refractivity contribution in [2.75, 3.05) is 0 Å². The number of benzene rings is 2. The summed E-state index contributed by atoms with van der Waals surface area (Å²) in [5, 5.41) is 10.8. The predicted octanol–water partition coefficient (Wildman–Crippen LogP) is 7.80. The van der Waals surface area contributed by atoms with Gasteiger partial charge in [-0.3, -0.25) is 9.78 Å². The number of fused-ring (bicyclic) bond motifs is 1. The van der Waals surface area contributed by atoms with E-state index in [1.165, 1.54) is 10.9 Å². The van der Waals surface area contributed by atoms with Gasteiger partial charge < -0.3 is 5.11 Å². The number of aryl methyl sites for hydroxylation is 2. The topological polar surface area (TPSA) is 50.2 Å². The first-order valence-electron chi connectivity index (χ1n) is 11.4. The summed E-state index contributed by atoms with van der Waals surface area (Å²) in [5.74, 6) is 1.06. The molecule has 0 saturated heterocycles. The van der Waals surface area contributed by atoms with Gasteiger partial charge in [-0.15, -0.1) is 34.9 Å². The number of carbonyl (C=O) groups excluding carboxylic acids is 1. The van der Waals surface area contributed by atoms with Gasteiger partial charge in [-0.05, 0) is 35.9 Å². The Morgan fingerprint density at radius 2 is 1.61 bits per heavy atom. The molecule has 3 aromatic rings. The minimum Gasteiger partial charge on any atom is -0.512 e. The van der Waals surface area contributed by atoms with E-state index in [1.807, 2.05) is 45.9 Å². The van der Waals surface area contributed by atoms with Crippen molar-refractivity contribution in [3.8, 4) is 11.3 Å². The Bertz CT molecular complexity index is 1080. The van der Waals surface area contributed by atoms with Crippen LogP contribution in [0.2, 0.25) is 0 Å². The van der Waals surface area contributed by atoms with E-state index >= 15 is 0 Å². The van der Waals surface area contributed by atoms with Crippen LogP contribution in [0, 0.1) is 31.7 Å². The normalized spacial score (nSPS) is 11.5. The summed E-state index contributed by atoms with van der Waals surface area (Å²) in [7, 11) is 0. The molecule has 3 nitrogen and oxygen atoms in total. The smallest absolute Gasteiger partial charge is 0.162 e. The van der Waals surface area contributed by atoms with Crippen LogP contribution in [0.5, 0.6) is 0 Å².